The van der Waals surface area contributed by atoms with Crippen molar-refractivity contribution >= 4 is 19.8 Å². The van der Waals surface area contributed by atoms with Crippen molar-refractivity contribution < 1.29 is 42.7 Å². The summed E-state index contributed by atoms with van der Waals surface area (Å²) in [4.78, 5) is 34.9. The largest absolute Gasteiger partial charge is 0.472 e. The van der Waals surface area contributed by atoms with Crippen molar-refractivity contribution in [3.63, 3.8) is 0 Å². The van der Waals surface area contributed by atoms with E-state index in [0.29, 0.717) is 25.7 Å². The van der Waals surface area contributed by atoms with Gasteiger partial charge in [0.2, 0.25) is 0 Å². The molecule has 0 aliphatic carbocycles. The molecule has 348 valence electrons. The topological polar surface area (TPSA) is 155 Å². The molecule has 0 fully saturated rings. The van der Waals surface area contributed by atoms with Crippen LogP contribution in [0.2, 0.25) is 0 Å². The van der Waals surface area contributed by atoms with E-state index in [4.69, 9.17) is 24.3 Å². The summed E-state index contributed by atoms with van der Waals surface area (Å²) in [5.41, 5.74) is 5.35. The summed E-state index contributed by atoms with van der Waals surface area (Å²) in [5.74, 6) is -0.933. The smallest absolute Gasteiger partial charge is 0.462 e. The number of phosphoric acid groups is 1. The van der Waals surface area contributed by atoms with Gasteiger partial charge in [-0.15, -0.1) is 0 Å². The Hall–Kier alpha value is -2.33. The van der Waals surface area contributed by atoms with Crippen molar-refractivity contribution in [1.29, 1.82) is 0 Å². The summed E-state index contributed by atoms with van der Waals surface area (Å²) in [6.07, 6.45) is 50.0. The Morgan fingerprint density at radius 3 is 1.70 bits per heavy atom. The first kappa shape index (κ1) is 57.7. The number of aliphatic hydroxyl groups excluding tert-OH is 1. The Morgan fingerprint density at radius 2 is 1.08 bits per heavy atom. The Bertz CT molecular complexity index is 1190. The molecule has 0 aromatic carbocycles. The molecular weight excluding hydrogens is 778 g/mol. The lowest BCUT2D eigenvalue weighted by molar-refractivity contribution is -0.161. The number of unbranched alkanes of at least 4 members (excludes halogenated alkanes) is 21. The fourth-order valence-electron chi connectivity index (χ4n) is 6.35. The number of carbonyl (C=O) groups is 2. The van der Waals surface area contributed by atoms with Gasteiger partial charge in [0.15, 0.2) is 6.10 Å². The lowest BCUT2D eigenvalue weighted by Gasteiger charge is -2.19. The van der Waals surface area contributed by atoms with Crippen LogP contribution < -0.4 is 5.73 Å². The molecule has 10 nitrogen and oxygen atoms in total. The average Bonchev–Trinajstić information content (AvgIpc) is 3.23. The van der Waals surface area contributed by atoms with Crippen LogP contribution in [-0.2, 0) is 32.7 Å². The first-order chi connectivity index (χ1) is 29.2. The summed E-state index contributed by atoms with van der Waals surface area (Å²) < 4.78 is 32.8. The van der Waals surface area contributed by atoms with Gasteiger partial charge in [0.1, 0.15) is 6.61 Å². The minimum absolute atomic E-state index is 0.0352. The average molecular weight is 866 g/mol. The highest BCUT2D eigenvalue weighted by Crippen LogP contribution is 2.43. The Labute approximate surface area is 366 Å². The molecule has 0 bridgehead atoms. The lowest BCUT2D eigenvalue weighted by atomic mass is 10.0. The maximum absolute atomic E-state index is 12.6. The molecule has 3 atom stereocenters. The van der Waals surface area contributed by atoms with Crippen molar-refractivity contribution in [3.05, 3.63) is 60.8 Å². The van der Waals surface area contributed by atoms with Gasteiger partial charge in [-0.2, -0.15) is 0 Å². The number of carbonyl (C=O) groups excluding carboxylic acids is 2. The van der Waals surface area contributed by atoms with E-state index in [2.05, 4.69) is 32.1 Å². The maximum Gasteiger partial charge on any atom is 0.472 e. The third kappa shape index (κ3) is 43.7. The summed E-state index contributed by atoms with van der Waals surface area (Å²) in [7, 11) is -4.41. The zero-order chi connectivity index (χ0) is 44.0. The normalized spacial score (nSPS) is 14.3. The monoisotopic (exact) mass is 866 g/mol. The zero-order valence-corrected chi connectivity index (χ0v) is 38.9. The molecule has 0 spiro atoms. The summed E-state index contributed by atoms with van der Waals surface area (Å²) >= 11 is 0. The highest BCUT2D eigenvalue weighted by Gasteiger charge is 2.26. The van der Waals surface area contributed by atoms with E-state index in [1.807, 2.05) is 36.5 Å². The van der Waals surface area contributed by atoms with E-state index < -0.39 is 38.6 Å². The SMILES string of the molecule is CCCCC/C=C\C[C@@H](O)/C=C/C=C\C/C=C\CCCC(=O)OC[C@H](COP(=O)(O)OCCN)OC(=O)CCCCCCCCCCCCC/C=C\CCCCCCCC. The third-order valence-electron chi connectivity index (χ3n) is 9.96. The highest BCUT2D eigenvalue weighted by atomic mass is 31.2. The second-order valence-electron chi connectivity index (χ2n) is 15.8. The first-order valence-electron chi connectivity index (χ1n) is 23.9. The van der Waals surface area contributed by atoms with E-state index in [0.717, 1.165) is 32.1 Å². The van der Waals surface area contributed by atoms with Gasteiger partial charge < -0.3 is 25.2 Å². The third-order valence-corrected chi connectivity index (χ3v) is 10.9. The number of hydrogen-bond acceptors (Lipinski definition) is 9. The van der Waals surface area contributed by atoms with Gasteiger partial charge >= 0.3 is 19.8 Å². The summed E-state index contributed by atoms with van der Waals surface area (Å²) in [5, 5.41) is 10.0. The molecule has 0 aromatic heterocycles. The van der Waals surface area contributed by atoms with Crippen molar-refractivity contribution in [1.82, 2.24) is 0 Å². The molecule has 0 aromatic rings. The van der Waals surface area contributed by atoms with Crippen LogP contribution in [0.15, 0.2) is 60.8 Å². The number of phosphoric ester groups is 1. The quantitative estimate of drug-likeness (QED) is 0.0177. The molecule has 0 aliphatic heterocycles. The predicted octanol–water partition coefficient (Wildman–Crippen LogP) is 13.0. The molecule has 60 heavy (non-hydrogen) atoms. The first-order valence-corrected chi connectivity index (χ1v) is 25.4. The van der Waals surface area contributed by atoms with Crippen LogP contribution in [0.5, 0.6) is 0 Å². The van der Waals surface area contributed by atoms with Crippen molar-refractivity contribution in [2.75, 3.05) is 26.4 Å². The number of ether oxygens (including phenoxy) is 2. The molecule has 11 heteroatoms. The van der Waals surface area contributed by atoms with E-state index in [1.54, 1.807) is 6.08 Å². The second kappa shape index (κ2) is 44.7. The molecule has 1 unspecified atom stereocenters. The van der Waals surface area contributed by atoms with E-state index >= 15 is 0 Å². The molecule has 0 radical (unpaired) electrons. The van der Waals surface area contributed by atoms with Gasteiger partial charge in [-0.3, -0.25) is 18.6 Å². The molecule has 0 saturated carbocycles. The number of hydrogen-bond donors (Lipinski definition) is 3. The van der Waals surface area contributed by atoms with Crippen molar-refractivity contribution in [3.8, 4) is 0 Å². The number of rotatable bonds is 44. The summed E-state index contributed by atoms with van der Waals surface area (Å²) in [6, 6.07) is 0. The van der Waals surface area contributed by atoms with Crippen LogP contribution in [0.25, 0.3) is 0 Å². The van der Waals surface area contributed by atoms with Gasteiger partial charge in [-0.05, 0) is 70.6 Å². The fourth-order valence-corrected chi connectivity index (χ4v) is 7.12. The van der Waals surface area contributed by atoms with E-state index in [1.165, 1.54) is 116 Å². The molecule has 4 N–H and O–H groups in total. The van der Waals surface area contributed by atoms with Gasteiger partial charge in [0.25, 0.3) is 0 Å². The van der Waals surface area contributed by atoms with Crippen molar-refractivity contribution in [2.45, 2.75) is 212 Å². The molecule has 0 amide bonds. The molecule has 0 saturated heterocycles. The van der Waals surface area contributed by atoms with Crippen LogP contribution >= 0.6 is 7.82 Å². The summed E-state index contributed by atoms with van der Waals surface area (Å²) in [6.45, 7) is 3.55. The highest BCUT2D eigenvalue weighted by molar-refractivity contribution is 7.47. The molecular formula is C49H88NO9P. The van der Waals surface area contributed by atoms with Crippen molar-refractivity contribution in [2.24, 2.45) is 5.73 Å². The maximum atomic E-state index is 12.6. The van der Waals surface area contributed by atoms with Crippen LogP contribution in [-0.4, -0.2) is 60.5 Å². The minimum Gasteiger partial charge on any atom is -0.462 e. The zero-order valence-electron chi connectivity index (χ0n) is 38.0. The molecule has 0 aliphatic rings. The second-order valence-corrected chi connectivity index (χ2v) is 17.3. The predicted molar refractivity (Wildman–Crippen MR) is 249 cm³/mol. The Morgan fingerprint density at radius 1 is 0.583 bits per heavy atom. The van der Waals surface area contributed by atoms with Gasteiger partial charge in [-0.25, -0.2) is 4.57 Å². The van der Waals surface area contributed by atoms with Gasteiger partial charge in [-0.1, -0.05) is 177 Å². The van der Waals surface area contributed by atoms with Crippen LogP contribution in [0, 0.1) is 0 Å². The molecule has 0 rings (SSSR count). The van der Waals surface area contributed by atoms with Gasteiger partial charge in [0.05, 0.1) is 19.3 Å². The minimum atomic E-state index is -4.41. The lowest BCUT2D eigenvalue weighted by Crippen LogP contribution is -2.29. The number of esters is 2. The Kier molecular flexibility index (Phi) is 43.0. The standard InChI is InChI=1S/C49H88NO9P/c1-3-5-7-9-11-12-13-14-15-16-17-18-19-20-21-22-23-24-29-33-37-41-49(53)59-47(45-58-60(54,55)57-43-42-50)44-56-48(52)40-36-32-28-26-25-27-31-35-39-46(51)38-34-30-10-8-6-4-2/h14-15,26-28,30-31,34-35,39,46-47,51H,3-13,16-25,29,32-33,36-38,40-45,50H2,1-2H3,(H,54,55)/b15-14-,28-26-,31-27-,34-30-,39-35+/t46-,47-/m1/s1. The van der Waals surface area contributed by atoms with E-state index in [-0.39, 0.29) is 32.6 Å². The number of allylic oxidation sites excluding steroid dienone is 8. The van der Waals surface area contributed by atoms with Crippen LogP contribution in [0.4, 0.5) is 0 Å². The van der Waals surface area contributed by atoms with Crippen LogP contribution in [0.1, 0.15) is 200 Å². The fraction of sp³-hybridized carbons (Fsp3) is 0.755. The Balaban J connectivity index is 4.22. The van der Waals surface area contributed by atoms with Crippen LogP contribution in [0.3, 0.4) is 0 Å². The molecule has 0 heterocycles. The van der Waals surface area contributed by atoms with Gasteiger partial charge in [0, 0.05) is 19.4 Å². The number of aliphatic hydroxyl groups is 1. The van der Waals surface area contributed by atoms with E-state index in [9.17, 15) is 24.2 Å². The number of nitrogens with two attached hydrogens (primary N) is 1.